The fourth-order valence-electron chi connectivity index (χ4n) is 5.96. The summed E-state index contributed by atoms with van der Waals surface area (Å²) in [6.07, 6.45) is 4.66. The first-order valence-electron chi connectivity index (χ1n) is 13.9. The number of anilines is 4. The molecule has 0 fully saturated rings. The molecule has 0 saturated carbocycles. The second kappa shape index (κ2) is 10.5. The summed E-state index contributed by atoms with van der Waals surface area (Å²) in [5.41, 5.74) is 10.1. The Labute approximate surface area is 222 Å². The third kappa shape index (κ3) is 4.26. The highest BCUT2D eigenvalue weighted by atomic mass is 16.4. The van der Waals surface area contributed by atoms with E-state index >= 15 is 0 Å². The predicted molar refractivity (Wildman–Crippen MR) is 161 cm³/mol. The van der Waals surface area contributed by atoms with Crippen LogP contribution in [0.25, 0.3) is 0 Å². The Morgan fingerprint density at radius 1 is 0.486 bits per heavy atom. The largest absolute Gasteiger partial charge is 0.483 e. The normalized spacial score (nSPS) is 13.7. The van der Waals surface area contributed by atoms with Gasteiger partial charge in [-0.3, -0.25) is 0 Å². The lowest BCUT2D eigenvalue weighted by Crippen LogP contribution is -2.61. The molecular formula is C32H34B2N2O. The maximum atomic E-state index is 7.29. The van der Waals surface area contributed by atoms with Gasteiger partial charge in [-0.2, -0.15) is 0 Å². The highest BCUT2D eigenvalue weighted by Crippen LogP contribution is 2.31. The standard InChI is InChI=1S/C32H34B2N2O/c1-3-5-23-35-29-19-11-7-15-25(29)33(26-16-8-12-20-30(26)35)37-34-27-17-9-13-21-31(27)36(24-6-4-2)32-22-14-10-18-28(32)34/h7-22H,3-6,23-24H2,1-2H3. The van der Waals surface area contributed by atoms with Crippen molar-refractivity contribution in [2.45, 2.75) is 39.5 Å². The molecule has 37 heavy (non-hydrogen) atoms. The molecule has 0 aliphatic carbocycles. The molecule has 3 nitrogen and oxygen atoms in total. The Kier molecular flexibility index (Phi) is 6.80. The van der Waals surface area contributed by atoms with Crippen molar-refractivity contribution in [3.63, 3.8) is 0 Å². The molecule has 2 aliphatic heterocycles. The van der Waals surface area contributed by atoms with Gasteiger partial charge in [0, 0.05) is 35.8 Å². The molecular weight excluding hydrogens is 450 g/mol. The van der Waals surface area contributed by atoms with Gasteiger partial charge >= 0.3 is 13.8 Å². The molecule has 2 heterocycles. The number of rotatable bonds is 8. The number of hydrogen-bond acceptors (Lipinski definition) is 3. The van der Waals surface area contributed by atoms with Crippen molar-refractivity contribution in [1.82, 2.24) is 0 Å². The summed E-state index contributed by atoms with van der Waals surface area (Å²) >= 11 is 0. The van der Waals surface area contributed by atoms with Crippen LogP contribution in [0.5, 0.6) is 0 Å². The van der Waals surface area contributed by atoms with Gasteiger partial charge in [0.1, 0.15) is 0 Å². The SMILES string of the molecule is CCCCN1c2ccccc2B(OB2c3ccccc3N(CCCC)c3ccccc32)c2ccccc21. The number of para-hydroxylation sites is 4. The molecule has 0 aromatic heterocycles. The van der Waals surface area contributed by atoms with Gasteiger partial charge in [-0.05, 0) is 59.0 Å². The summed E-state index contributed by atoms with van der Waals surface area (Å²) in [6, 6.07) is 35.2. The number of hydrogen-bond donors (Lipinski definition) is 0. The number of fused-ring (bicyclic) bond motifs is 4. The van der Waals surface area contributed by atoms with Crippen LogP contribution in [-0.4, -0.2) is 26.9 Å². The third-order valence-corrected chi connectivity index (χ3v) is 7.78. The van der Waals surface area contributed by atoms with Gasteiger partial charge in [0.25, 0.3) is 0 Å². The van der Waals surface area contributed by atoms with Gasteiger partial charge in [0.15, 0.2) is 0 Å². The first-order chi connectivity index (χ1) is 18.3. The summed E-state index contributed by atoms with van der Waals surface area (Å²) in [4.78, 5) is 4.98. The number of unbranched alkanes of at least 4 members (excludes halogenated alkanes) is 2. The van der Waals surface area contributed by atoms with Crippen LogP contribution >= 0.6 is 0 Å². The second-order valence-electron chi connectivity index (χ2n) is 10.1. The van der Waals surface area contributed by atoms with E-state index in [0.29, 0.717) is 0 Å². The van der Waals surface area contributed by atoms with Crippen LogP contribution in [0.3, 0.4) is 0 Å². The van der Waals surface area contributed by atoms with Crippen molar-refractivity contribution in [3.05, 3.63) is 97.1 Å². The topological polar surface area (TPSA) is 15.7 Å². The van der Waals surface area contributed by atoms with Crippen LogP contribution < -0.4 is 31.7 Å². The van der Waals surface area contributed by atoms with Gasteiger partial charge in [-0.1, -0.05) is 99.5 Å². The van der Waals surface area contributed by atoms with E-state index < -0.39 is 0 Å². The molecule has 0 atom stereocenters. The molecule has 0 saturated heterocycles. The molecule has 0 unspecified atom stereocenters. The predicted octanol–water partition coefficient (Wildman–Crippen LogP) is 5.12. The van der Waals surface area contributed by atoms with Crippen LogP contribution in [0, 0.1) is 0 Å². The van der Waals surface area contributed by atoms with Crippen LogP contribution in [0.4, 0.5) is 22.7 Å². The van der Waals surface area contributed by atoms with Gasteiger partial charge in [-0.25, -0.2) is 0 Å². The zero-order valence-electron chi connectivity index (χ0n) is 21.9. The summed E-state index contributed by atoms with van der Waals surface area (Å²) < 4.78 is 7.29. The monoisotopic (exact) mass is 484 g/mol. The van der Waals surface area contributed by atoms with Crippen molar-refractivity contribution in [1.29, 1.82) is 0 Å². The molecule has 4 aromatic rings. The van der Waals surface area contributed by atoms with Gasteiger partial charge in [-0.15, -0.1) is 0 Å². The second-order valence-corrected chi connectivity index (χ2v) is 10.1. The summed E-state index contributed by atoms with van der Waals surface area (Å²) in [7, 11) is 0. The van der Waals surface area contributed by atoms with E-state index in [4.69, 9.17) is 4.57 Å². The molecule has 6 rings (SSSR count). The van der Waals surface area contributed by atoms with Gasteiger partial charge in [0.2, 0.25) is 0 Å². The van der Waals surface area contributed by atoms with Crippen molar-refractivity contribution in [2.24, 2.45) is 0 Å². The zero-order valence-corrected chi connectivity index (χ0v) is 21.9. The van der Waals surface area contributed by atoms with E-state index in [1.54, 1.807) is 0 Å². The third-order valence-electron chi connectivity index (χ3n) is 7.78. The lowest BCUT2D eigenvalue weighted by Gasteiger charge is -2.40. The summed E-state index contributed by atoms with van der Waals surface area (Å²) in [5, 5.41) is 0. The molecule has 0 bridgehead atoms. The molecule has 0 amide bonds. The number of nitrogens with zero attached hydrogens (tertiary/aromatic N) is 2. The molecule has 0 N–H and O–H groups in total. The highest BCUT2D eigenvalue weighted by molar-refractivity contribution is 6.94. The fraction of sp³-hybridized carbons (Fsp3) is 0.250. The van der Waals surface area contributed by atoms with E-state index in [0.717, 1.165) is 25.9 Å². The van der Waals surface area contributed by atoms with Crippen molar-refractivity contribution in [3.8, 4) is 0 Å². The summed E-state index contributed by atoms with van der Waals surface area (Å²) in [6.45, 7) is 6.26. The van der Waals surface area contributed by atoms with E-state index in [1.165, 1.54) is 57.4 Å². The molecule has 184 valence electrons. The maximum absolute atomic E-state index is 7.29. The minimum Gasteiger partial charge on any atom is -0.483 e. The fourth-order valence-corrected chi connectivity index (χ4v) is 5.96. The quantitative estimate of drug-likeness (QED) is 0.323. The van der Waals surface area contributed by atoms with E-state index in [-0.39, 0.29) is 13.8 Å². The van der Waals surface area contributed by atoms with Crippen molar-refractivity contribution < 1.29 is 4.57 Å². The smallest absolute Gasteiger partial charge is 0.351 e. The minimum absolute atomic E-state index is 0.140. The minimum atomic E-state index is -0.140. The van der Waals surface area contributed by atoms with E-state index in [1.807, 2.05) is 0 Å². The summed E-state index contributed by atoms with van der Waals surface area (Å²) in [5.74, 6) is 0. The Hall–Kier alpha value is -3.43. The maximum Gasteiger partial charge on any atom is 0.351 e. The lowest BCUT2D eigenvalue weighted by atomic mass is 9.45. The first kappa shape index (κ1) is 23.9. The number of benzene rings is 4. The molecule has 0 radical (unpaired) electrons. The Morgan fingerprint density at radius 2 is 0.784 bits per heavy atom. The van der Waals surface area contributed by atoms with Crippen molar-refractivity contribution >= 4 is 58.4 Å². The Bertz CT molecular complexity index is 1190. The average Bonchev–Trinajstić information content (AvgIpc) is 2.96. The van der Waals surface area contributed by atoms with Gasteiger partial charge in [0.05, 0.1) is 0 Å². The lowest BCUT2D eigenvalue weighted by molar-refractivity contribution is 0.630. The molecule has 5 heteroatoms. The zero-order chi connectivity index (χ0) is 25.2. The molecule has 2 aliphatic rings. The van der Waals surface area contributed by atoms with Crippen LogP contribution in [0.2, 0.25) is 0 Å². The van der Waals surface area contributed by atoms with Crippen LogP contribution in [-0.2, 0) is 4.57 Å². The molecule has 0 spiro atoms. The van der Waals surface area contributed by atoms with E-state index in [9.17, 15) is 0 Å². The average molecular weight is 484 g/mol. The highest BCUT2D eigenvalue weighted by Gasteiger charge is 2.41. The van der Waals surface area contributed by atoms with Gasteiger partial charge < -0.3 is 14.4 Å². The molecule has 4 aromatic carbocycles. The van der Waals surface area contributed by atoms with Crippen molar-refractivity contribution in [2.75, 3.05) is 22.9 Å². The Balaban J connectivity index is 1.47. The van der Waals surface area contributed by atoms with Crippen LogP contribution in [0.15, 0.2) is 97.1 Å². The van der Waals surface area contributed by atoms with Crippen LogP contribution in [0.1, 0.15) is 39.5 Å². The first-order valence-corrected chi connectivity index (χ1v) is 13.9. The van der Waals surface area contributed by atoms with E-state index in [2.05, 4.69) is 121 Å². The Morgan fingerprint density at radius 3 is 1.08 bits per heavy atom.